The summed E-state index contributed by atoms with van der Waals surface area (Å²) in [5.41, 5.74) is 0.0827. The topological polar surface area (TPSA) is 53.4 Å². The van der Waals surface area contributed by atoms with Gasteiger partial charge in [0.2, 0.25) is 0 Å². The molecule has 0 aromatic carbocycles. The van der Waals surface area contributed by atoms with Crippen molar-refractivity contribution in [3.8, 4) is 0 Å². The molecular weight excluding hydrogens is 235 g/mol. The van der Waals surface area contributed by atoms with Gasteiger partial charge in [0.25, 0.3) is 0 Å². The minimum atomic E-state index is -0.769. The first-order valence-electron chi connectivity index (χ1n) is 6.00. The minimum absolute atomic E-state index is 0.0191. The Labute approximate surface area is 105 Å². The summed E-state index contributed by atoms with van der Waals surface area (Å²) in [6, 6.07) is 1.43. The van der Waals surface area contributed by atoms with Crippen LogP contribution in [0.4, 0.5) is 4.39 Å². The second-order valence-corrected chi connectivity index (χ2v) is 5.20. The van der Waals surface area contributed by atoms with E-state index in [0.717, 1.165) is 5.56 Å². The lowest BCUT2D eigenvalue weighted by atomic mass is 9.90. The van der Waals surface area contributed by atoms with Gasteiger partial charge in [0.1, 0.15) is 5.82 Å². The highest BCUT2D eigenvalue weighted by Gasteiger charge is 2.41. The first-order valence-corrected chi connectivity index (χ1v) is 6.00. The first-order chi connectivity index (χ1) is 8.42. The number of nitrogens with zero attached hydrogens (tertiary/aromatic N) is 2. The van der Waals surface area contributed by atoms with Crippen molar-refractivity contribution < 1.29 is 14.3 Å². The molecule has 1 fully saturated rings. The van der Waals surface area contributed by atoms with E-state index in [2.05, 4.69) is 9.88 Å². The lowest BCUT2D eigenvalue weighted by molar-refractivity contribution is -0.147. The third-order valence-electron chi connectivity index (χ3n) is 3.78. The molecule has 1 saturated heterocycles. The normalized spacial score (nSPS) is 26.2. The van der Waals surface area contributed by atoms with Crippen molar-refractivity contribution in [2.24, 2.45) is 5.41 Å². The van der Waals surface area contributed by atoms with Gasteiger partial charge in [0, 0.05) is 18.8 Å². The van der Waals surface area contributed by atoms with Crippen LogP contribution in [-0.4, -0.2) is 34.0 Å². The summed E-state index contributed by atoms with van der Waals surface area (Å²) in [7, 11) is 0. The highest BCUT2D eigenvalue weighted by molar-refractivity contribution is 5.74. The maximum absolute atomic E-state index is 13.1. The van der Waals surface area contributed by atoms with E-state index in [0.29, 0.717) is 19.5 Å². The maximum atomic E-state index is 13.1. The van der Waals surface area contributed by atoms with Crippen molar-refractivity contribution in [3.63, 3.8) is 0 Å². The molecule has 5 heteroatoms. The van der Waals surface area contributed by atoms with Crippen LogP contribution in [0, 0.1) is 11.2 Å². The second-order valence-electron chi connectivity index (χ2n) is 5.20. The number of likely N-dealkylation sites (tertiary alicyclic amines) is 1. The lowest BCUT2D eigenvalue weighted by Crippen LogP contribution is -2.33. The third kappa shape index (κ3) is 2.36. The summed E-state index contributed by atoms with van der Waals surface area (Å²) in [6.07, 6.45) is 3.42. The molecule has 0 spiro atoms. The van der Waals surface area contributed by atoms with E-state index < -0.39 is 11.4 Å². The molecule has 18 heavy (non-hydrogen) atoms. The molecule has 2 unspecified atom stereocenters. The molecule has 2 atom stereocenters. The van der Waals surface area contributed by atoms with Crippen LogP contribution >= 0.6 is 0 Å². The van der Waals surface area contributed by atoms with Crippen LogP contribution in [0.15, 0.2) is 18.5 Å². The van der Waals surface area contributed by atoms with Crippen LogP contribution in [0.1, 0.15) is 31.9 Å². The fourth-order valence-electron chi connectivity index (χ4n) is 2.37. The second kappa shape index (κ2) is 4.65. The Kier molecular flexibility index (Phi) is 3.34. The zero-order valence-electron chi connectivity index (χ0n) is 10.6. The van der Waals surface area contributed by atoms with Crippen LogP contribution < -0.4 is 0 Å². The summed E-state index contributed by atoms with van der Waals surface area (Å²) in [5.74, 6) is -1.13. The average molecular weight is 252 g/mol. The van der Waals surface area contributed by atoms with E-state index in [1.165, 1.54) is 12.3 Å². The molecule has 0 radical (unpaired) electrons. The molecule has 1 aromatic heterocycles. The number of hydrogen-bond acceptors (Lipinski definition) is 3. The maximum Gasteiger partial charge on any atom is 0.310 e. The smallest absolute Gasteiger partial charge is 0.310 e. The average Bonchev–Trinajstić information content (AvgIpc) is 2.72. The molecule has 1 aliphatic rings. The van der Waals surface area contributed by atoms with E-state index in [-0.39, 0.29) is 11.9 Å². The number of pyridine rings is 1. The molecule has 0 bridgehead atoms. The van der Waals surface area contributed by atoms with Crippen molar-refractivity contribution in [3.05, 3.63) is 29.8 Å². The predicted molar refractivity (Wildman–Crippen MR) is 64.5 cm³/mol. The zero-order chi connectivity index (χ0) is 13.3. The summed E-state index contributed by atoms with van der Waals surface area (Å²) in [6.45, 7) is 4.90. The molecule has 4 nitrogen and oxygen atoms in total. The van der Waals surface area contributed by atoms with Crippen molar-refractivity contribution in [2.75, 3.05) is 13.1 Å². The number of aliphatic carboxylic acids is 1. The fourth-order valence-corrected chi connectivity index (χ4v) is 2.37. The predicted octanol–water partition coefficient (Wildman–Crippen LogP) is 2.08. The van der Waals surface area contributed by atoms with E-state index in [1.54, 1.807) is 13.1 Å². The summed E-state index contributed by atoms with van der Waals surface area (Å²) < 4.78 is 13.1. The summed E-state index contributed by atoms with van der Waals surface area (Å²) >= 11 is 0. The Morgan fingerprint density at radius 3 is 2.89 bits per heavy atom. The molecule has 1 aliphatic heterocycles. The Hall–Kier alpha value is -1.49. The van der Waals surface area contributed by atoms with Gasteiger partial charge in [-0.3, -0.25) is 14.7 Å². The van der Waals surface area contributed by atoms with Crippen molar-refractivity contribution >= 4 is 5.97 Å². The van der Waals surface area contributed by atoms with Gasteiger partial charge in [-0.15, -0.1) is 0 Å². The van der Waals surface area contributed by atoms with E-state index in [9.17, 15) is 14.3 Å². The quantitative estimate of drug-likeness (QED) is 0.894. The van der Waals surface area contributed by atoms with Gasteiger partial charge < -0.3 is 5.11 Å². The number of halogens is 1. The van der Waals surface area contributed by atoms with Crippen molar-refractivity contribution in [1.82, 2.24) is 9.88 Å². The standard InChI is InChI=1S/C13H17FN2O2/c1-9(10-5-11(14)7-15-6-10)16-4-3-13(2,8-16)12(17)18/h5-7,9H,3-4,8H2,1-2H3,(H,17,18). The van der Waals surface area contributed by atoms with Gasteiger partial charge in [0.15, 0.2) is 0 Å². The fraction of sp³-hybridized carbons (Fsp3) is 0.538. The molecule has 0 aliphatic carbocycles. The number of aromatic nitrogens is 1. The molecule has 2 rings (SSSR count). The molecular formula is C13H17FN2O2. The van der Waals surface area contributed by atoms with Crippen LogP contribution in [0.3, 0.4) is 0 Å². The first kappa shape index (κ1) is 13.0. The van der Waals surface area contributed by atoms with Gasteiger partial charge >= 0.3 is 5.97 Å². The van der Waals surface area contributed by atoms with Gasteiger partial charge in [-0.2, -0.15) is 0 Å². The summed E-state index contributed by atoms with van der Waals surface area (Å²) in [4.78, 5) is 17.1. The van der Waals surface area contributed by atoms with Crippen LogP contribution in [0.5, 0.6) is 0 Å². The Morgan fingerprint density at radius 1 is 1.61 bits per heavy atom. The van der Waals surface area contributed by atoms with Crippen molar-refractivity contribution in [1.29, 1.82) is 0 Å². The molecule has 98 valence electrons. The van der Waals surface area contributed by atoms with Gasteiger partial charge in [-0.1, -0.05) is 0 Å². The molecule has 1 aromatic rings. The van der Waals surface area contributed by atoms with E-state index >= 15 is 0 Å². The summed E-state index contributed by atoms with van der Waals surface area (Å²) in [5, 5.41) is 9.19. The molecule has 2 heterocycles. The molecule has 1 N–H and O–H groups in total. The highest BCUT2D eigenvalue weighted by Crippen LogP contribution is 2.35. The molecule has 0 amide bonds. The number of carbonyl (C=O) groups is 1. The van der Waals surface area contributed by atoms with Crippen LogP contribution in [0.25, 0.3) is 0 Å². The SMILES string of the molecule is CC(c1cncc(F)c1)N1CCC(C)(C(=O)O)C1. The van der Waals surface area contributed by atoms with Crippen LogP contribution in [0.2, 0.25) is 0 Å². The Balaban J connectivity index is 2.12. The monoisotopic (exact) mass is 252 g/mol. The minimum Gasteiger partial charge on any atom is -0.481 e. The number of hydrogen-bond donors (Lipinski definition) is 1. The van der Waals surface area contributed by atoms with E-state index in [1.807, 2.05) is 6.92 Å². The lowest BCUT2D eigenvalue weighted by Gasteiger charge is -2.26. The number of carboxylic acids is 1. The number of carboxylic acid groups (broad SMARTS) is 1. The molecule has 0 saturated carbocycles. The number of rotatable bonds is 3. The Bertz CT molecular complexity index is 466. The highest BCUT2D eigenvalue weighted by atomic mass is 19.1. The largest absolute Gasteiger partial charge is 0.481 e. The van der Waals surface area contributed by atoms with Gasteiger partial charge in [-0.25, -0.2) is 4.39 Å². The Morgan fingerprint density at radius 2 is 2.33 bits per heavy atom. The van der Waals surface area contributed by atoms with Gasteiger partial charge in [0.05, 0.1) is 11.6 Å². The third-order valence-corrected chi connectivity index (χ3v) is 3.78. The zero-order valence-corrected chi connectivity index (χ0v) is 10.6. The van der Waals surface area contributed by atoms with Crippen LogP contribution in [-0.2, 0) is 4.79 Å². The van der Waals surface area contributed by atoms with Gasteiger partial charge in [-0.05, 0) is 38.4 Å². The van der Waals surface area contributed by atoms with E-state index in [4.69, 9.17) is 0 Å². The van der Waals surface area contributed by atoms with Crippen molar-refractivity contribution in [2.45, 2.75) is 26.3 Å².